The molecule has 0 saturated carbocycles. The molecule has 1 atom stereocenters. The van der Waals surface area contributed by atoms with Crippen LogP contribution in [0.25, 0.3) is 0 Å². The normalized spacial score (nSPS) is 13.5. The number of carbonyl (C=O) groups excluding carboxylic acids is 2. The van der Waals surface area contributed by atoms with Gasteiger partial charge in [0.2, 0.25) is 0 Å². The molecule has 7 heteroatoms. The van der Waals surface area contributed by atoms with E-state index in [1.807, 2.05) is 0 Å². The smallest absolute Gasteiger partial charge is 0.450 e. The second kappa shape index (κ2) is 5.19. The maximum absolute atomic E-state index is 11.9. The zero-order valence-electron chi connectivity index (χ0n) is 7.23. The molecule has 0 radical (unpaired) electrons. The van der Waals surface area contributed by atoms with Crippen molar-refractivity contribution in [2.75, 3.05) is 12.5 Å². The van der Waals surface area contributed by atoms with Crippen LogP contribution in [-0.4, -0.2) is 30.4 Å². The summed E-state index contributed by atoms with van der Waals surface area (Å²) in [4.78, 5) is 21.4. The van der Waals surface area contributed by atoms with Gasteiger partial charge in [-0.2, -0.15) is 13.2 Å². The molecular formula is C7H8ClF3O3. The average Bonchev–Trinajstić information content (AvgIpc) is 2.04. The third-order valence-corrected chi connectivity index (χ3v) is 1.63. The number of halogens is 4. The van der Waals surface area contributed by atoms with Gasteiger partial charge in [-0.05, 0) is 6.92 Å². The molecule has 14 heavy (non-hydrogen) atoms. The van der Waals surface area contributed by atoms with E-state index in [0.717, 1.165) is 0 Å². The van der Waals surface area contributed by atoms with Crippen LogP contribution >= 0.6 is 11.6 Å². The predicted molar refractivity (Wildman–Crippen MR) is 41.9 cm³/mol. The number of carbonyl (C=O) groups is 2. The lowest BCUT2D eigenvalue weighted by atomic mass is 10.1. The van der Waals surface area contributed by atoms with Crippen LogP contribution in [0.1, 0.15) is 6.92 Å². The van der Waals surface area contributed by atoms with Crippen LogP contribution < -0.4 is 0 Å². The number of hydrogen-bond acceptors (Lipinski definition) is 3. The maximum Gasteiger partial charge on any atom is 0.450 e. The third-order valence-electron chi connectivity index (χ3n) is 1.32. The Bertz CT molecular complexity index is 227. The molecule has 82 valence electrons. The monoisotopic (exact) mass is 232 g/mol. The van der Waals surface area contributed by atoms with Gasteiger partial charge in [0.25, 0.3) is 5.78 Å². The summed E-state index contributed by atoms with van der Waals surface area (Å²) in [6.45, 7) is 1.32. The lowest BCUT2D eigenvalue weighted by Gasteiger charge is -2.12. The number of esters is 1. The Kier molecular flexibility index (Phi) is 4.90. The van der Waals surface area contributed by atoms with E-state index >= 15 is 0 Å². The van der Waals surface area contributed by atoms with Crippen molar-refractivity contribution >= 4 is 23.4 Å². The maximum atomic E-state index is 11.9. The Morgan fingerprint density at radius 2 is 1.93 bits per heavy atom. The van der Waals surface area contributed by atoms with E-state index in [9.17, 15) is 22.8 Å². The minimum atomic E-state index is -5.06. The molecule has 0 spiro atoms. The first-order valence-corrected chi connectivity index (χ1v) is 4.21. The van der Waals surface area contributed by atoms with E-state index in [4.69, 9.17) is 11.6 Å². The highest BCUT2D eigenvalue weighted by Gasteiger charge is 2.46. The van der Waals surface area contributed by atoms with Crippen LogP contribution in [0.2, 0.25) is 0 Å². The van der Waals surface area contributed by atoms with Gasteiger partial charge in [-0.3, -0.25) is 9.59 Å². The minimum absolute atomic E-state index is 0.0998. The van der Waals surface area contributed by atoms with Crippen molar-refractivity contribution in [2.45, 2.75) is 13.1 Å². The van der Waals surface area contributed by atoms with Gasteiger partial charge < -0.3 is 4.74 Å². The molecule has 3 nitrogen and oxygen atoms in total. The summed E-state index contributed by atoms with van der Waals surface area (Å²) in [5, 5.41) is 0. The number of alkyl halides is 4. The van der Waals surface area contributed by atoms with Gasteiger partial charge in [0.1, 0.15) is 5.92 Å². The first-order valence-electron chi connectivity index (χ1n) is 3.68. The Labute approximate surface area is 83.2 Å². The number of Topliss-reactive ketones (excluding diaryl/α,β-unsaturated/α-hetero) is 1. The fourth-order valence-electron chi connectivity index (χ4n) is 0.681. The molecule has 1 unspecified atom stereocenters. The van der Waals surface area contributed by atoms with Gasteiger partial charge in [0, 0.05) is 5.88 Å². The molecule has 0 bridgehead atoms. The topological polar surface area (TPSA) is 43.4 Å². The van der Waals surface area contributed by atoms with Crippen LogP contribution in [0.4, 0.5) is 13.2 Å². The fourth-order valence-corrected chi connectivity index (χ4v) is 0.947. The molecule has 0 heterocycles. The molecule has 0 aliphatic heterocycles. The molecule has 0 aromatic rings. The molecule has 0 amide bonds. The predicted octanol–water partition coefficient (Wildman–Crippen LogP) is 1.54. The Morgan fingerprint density at radius 1 is 1.43 bits per heavy atom. The van der Waals surface area contributed by atoms with E-state index in [1.165, 1.54) is 6.92 Å². The summed E-state index contributed by atoms with van der Waals surface area (Å²) in [5.41, 5.74) is 0. The van der Waals surface area contributed by atoms with Crippen molar-refractivity contribution in [3.05, 3.63) is 0 Å². The number of rotatable bonds is 4. The molecule has 0 aliphatic carbocycles. The second-order valence-corrected chi connectivity index (χ2v) is 2.63. The molecular weight excluding hydrogens is 225 g/mol. The number of ether oxygens (including phenoxy) is 1. The molecule has 0 aliphatic rings. The van der Waals surface area contributed by atoms with E-state index in [-0.39, 0.29) is 6.61 Å². The second-order valence-electron chi connectivity index (χ2n) is 2.32. The largest absolute Gasteiger partial charge is 0.465 e. The van der Waals surface area contributed by atoms with Crippen molar-refractivity contribution in [1.82, 2.24) is 0 Å². The summed E-state index contributed by atoms with van der Waals surface area (Å²) in [6.07, 6.45) is -5.06. The van der Waals surface area contributed by atoms with Gasteiger partial charge in [-0.1, -0.05) is 0 Å². The molecule has 0 fully saturated rings. The van der Waals surface area contributed by atoms with Crippen molar-refractivity contribution in [1.29, 1.82) is 0 Å². The lowest BCUT2D eigenvalue weighted by Crippen LogP contribution is -2.37. The molecule has 0 saturated heterocycles. The van der Waals surface area contributed by atoms with Crippen LogP contribution in [0.15, 0.2) is 0 Å². The van der Waals surface area contributed by atoms with E-state index < -0.39 is 29.7 Å². The Morgan fingerprint density at radius 3 is 2.21 bits per heavy atom. The summed E-state index contributed by atoms with van der Waals surface area (Å²) in [5.74, 6) is -6.12. The van der Waals surface area contributed by atoms with Gasteiger partial charge in [-0.25, -0.2) is 0 Å². The zero-order valence-corrected chi connectivity index (χ0v) is 7.98. The number of ketones is 1. The fraction of sp³-hybridized carbons (Fsp3) is 0.714. The molecule has 0 N–H and O–H groups in total. The molecule has 0 aromatic heterocycles. The van der Waals surface area contributed by atoms with Crippen LogP contribution in [0.3, 0.4) is 0 Å². The zero-order chi connectivity index (χ0) is 11.4. The average molecular weight is 233 g/mol. The van der Waals surface area contributed by atoms with Gasteiger partial charge in [0.05, 0.1) is 6.61 Å². The Balaban J connectivity index is 4.57. The third kappa shape index (κ3) is 3.53. The van der Waals surface area contributed by atoms with Crippen molar-refractivity contribution in [3.63, 3.8) is 0 Å². The van der Waals surface area contributed by atoms with E-state index in [0.29, 0.717) is 0 Å². The first-order chi connectivity index (χ1) is 6.34. The standard InChI is InChI=1S/C7H8ClF3O3/c1-2-14-6(13)4(3-8)5(12)7(9,10)11/h4H,2-3H2,1H3. The first kappa shape index (κ1) is 13.2. The molecule has 0 aromatic carbocycles. The highest BCUT2D eigenvalue weighted by molar-refractivity contribution is 6.22. The summed E-state index contributed by atoms with van der Waals surface area (Å²) in [6, 6.07) is 0. The highest BCUT2D eigenvalue weighted by Crippen LogP contribution is 2.22. The summed E-state index contributed by atoms with van der Waals surface area (Å²) in [7, 11) is 0. The van der Waals surface area contributed by atoms with Gasteiger partial charge in [0.15, 0.2) is 0 Å². The van der Waals surface area contributed by atoms with Crippen LogP contribution in [-0.2, 0) is 14.3 Å². The summed E-state index contributed by atoms with van der Waals surface area (Å²) < 4.78 is 39.9. The van der Waals surface area contributed by atoms with Crippen molar-refractivity contribution in [3.8, 4) is 0 Å². The number of hydrogen-bond donors (Lipinski definition) is 0. The summed E-state index contributed by atoms with van der Waals surface area (Å²) >= 11 is 5.08. The van der Waals surface area contributed by atoms with E-state index in [1.54, 1.807) is 0 Å². The minimum Gasteiger partial charge on any atom is -0.465 e. The van der Waals surface area contributed by atoms with Crippen LogP contribution in [0.5, 0.6) is 0 Å². The SMILES string of the molecule is CCOC(=O)C(CCl)C(=O)C(F)(F)F. The quantitative estimate of drug-likeness (QED) is 0.420. The van der Waals surface area contributed by atoms with Crippen molar-refractivity contribution in [2.24, 2.45) is 5.92 Å². The molecule has 0 rings (SSSR count). The lowest BCUT2D eigenvalue weighted by molar-refractivity contribution is -0.179. The van der Waals surface area contributed by atoms with E-state index in [2.05, 4.69) is 4.74 Å². The van der Waals surface area contributed by atoms with Crippen LogP contribution in [0, 0.1) is 5.92 Å². The van der Waals surface area contributed by atoms with Crippen molar-refractivity contribution < 1.29 is 27.5 Å². The van der Waals surface area contributed by atoms with Gasteiger partial charge >= 0.3 is 12.1 Å². The highest BCUT2D eigenvalue weighted by atomic mass is 35.5. The Hall–Kier alpha value is -0.780. The van der Waals surface area contributed by atoms with Gasteiger partial charge in [-0.15, -0.1) is 11.6 Å².